The fourth-order valence-corrected chi connectivity index (χ4v) is 3.95. The minimum Gasteiger partial charge on any atom is -0.340 e. The van der Waals surface area contributed by atoms with E-state index in [0.717, 1.165) is 20.8 Å². The van der Waals surface area contributed by atoms with Crippen LogP contribution >= 0.6 is 47.8 Å². The highest BCUT2D eigenvalue weighted by Gasteiger charge is 2.14. The molecule has 0 spiro atoms. The van der Waals surface area contributed by atoms with Gasteiger partial charge >= 0.3 is 0 Å². The first-order valence-electron chi connectivity index (χ1n) is 6.65. The van der Waals surface area contributed by atoms with Crippen LogP contribution in [0.3, 0.4) is 0 Å². The molecule has 4 heteroatoms. The predicted octanol–water partition coefficient (Wildman–Crippen LogP) is 6.49. The van der Waals surface area contributed by atoms with Crippen LogP contribution in [0.2, 0.25) is 0 Å². The Bertz CT molecular complexity index is 761. The van der Waals surface area contributed by atoms with Gasteiger partial charge in [-0.3, -0.25) is 0 Å². The predicted molar refractivity (Wildman–Crippen MR) is 97.9 cm³/mol. The van der Waals surface area contributed by atoms with Crippen LogP contribution < -0.4 is 0 Å². The van der Waals surface area contributed by atoms with Gasteiger partial charge in [0.05, 0.1) is 9.99 Å². The number of aryl methyl sites for hydroxylation is 1. The highest BCUT2D eigenvalue weighted by molar-refractivity contribution is 9.13. The number of unbranched alkanes of at least 4 members (excludes halogenated alkanes) is 1. The van der Waals surface area contributed by atoms with Crippen LogP contribution in [-0.2, 0) is 6.54 Å². The molecule has 20 heavy (non-hydrogen) atoms. The van der Waals surface area contributed by atoms with Crippen molar-refractivity contribution in [3.8, 4) is 0 Å². The third-order valence-electron chi connectivity index (χ3n) is 3.59. The van der Waals surface area contributed by atoms with Crippen LogP contribution in [0.15, 0.2) is 45.3 Å². The number of fused-ring (bicyclic) bond motifs is 3. The van der Waals surface area contributed by atoms with Crippen molar-refractivity contribution in [2.75, 3.05) is 5.33 Å². The molecule has 0 radical (unpaired) electrons. The number of halogens is 3. The average molecular weight is 460 g/mol. The normalized spacial score (nSPS) is 11.6. The van der Waals surface area contributed by atoms with Gasteiger partial charge in [0.2, 0.25) is 0 Å². The second-order valence-corrected chi connectivity index (χ2v) is 7.26. The fraction of sp³-hybridized carbons (Fsp3) is 0.250. The van der Waals surface area contributed by atoms with Gasteiger partial charge in [-0.15, -0.1) is 0 Å². The van der Waals surface area contributed by atoms with E-state index < -0.39 is 0 Å². The maximum absolute atomic E-state index is 3.74. The van der Waals surface area contributed by atoms with E-state index >= 15 is 0 Å². The SMILES string of the molecule is BrCCCCn1c2ccccc2c2ccc(Br)c(Br)c21. The molecule has 0 atom stereocenters. The van der Waals surface area contributed by atoms with Gasteiger partial charge in [0.1, 0.15) is 0 Å². The van der Waals surface area contributed by atoms with Crippen LogP contribution in [0.1, 0.15) is 12.8 Å². The fourth-order valence-electron chi connectivity index (χ4n) is 2.68. The van der Waals surface area contributed by atoms with E-state index in [1.54, 1.807) is 0 Å². The van der Waals surface area contributed by atoms with Crippen LogP contribution in [0.25, 0.3) is 21.8 Å². The molecule has 1 nitrogen and oxygen atoms in total. The van der Waals surface area contributed by atoms with Gasteiger partial charge in [-0.05, 0) is 56.8 Å². The van der Waals surface area contributed by atoms with Crippen molar-refractivity contribution in [3.05, 3.63) is 45.3 Å². The minimum absolute atomic E-state index is 1.05. The van der Waals surface area contributed by atoms with Crippen LogP contribution in [0.5, 0.6) is 0 Å². The Hall–Kier alpha value is -0.320. The number of rotatable bonds is 4. The lowest BCUT2D eigenvalue weighted by molar-refractivity contribution is 0.669. The van der Waals surface area contributed by atoms with Crippen molar-refractivity contribution in [2.45, 2.75) is 19.4 Å². The maximum atomic E-state index is 3.74. The zero-order chi connectivity index (χ0) is 14.1. The molecule has 2 aromatic carbocycles. The molecule has 3 aromatic rings. The van der Waals surface area contributed by atoms with Crippen LogP contribution in [0, 0.1) is 0 Å². The Kier molecular flexibility index (Phi) is 4.53. The van der Waals surface area contributed by atoms with Crippen molar-refractivity contribution in [2.24, 2.45) is 0 Å². The highest BCUT2D eigenvalue weighted by atomic mass is 79.9. The van der Waals surface area contributed by atoms with E-state index in [2.05, 4.69) is 88.8 Å². The Morgan fingerprint density at radius 3 is 2.50 bits per heavy atom. The molecule has 3 rings (SSSR count). The molecule has 0 unspecified atom stereocenters. The molecule has 0 aliphatic heterocycles. The first-order valence-corrected chi connectivity index (χ1v) is 9.35. The zero-order valence-electron chi connectivity index (χ0n) is 10.9. The standard InChI is InChI=1S/C16H14Br3N/c17-9-3-4-10-20-14-6-2-1-5-11(14)12-7-8-13(18)15(19)16(12)20/h1-2,5-8H,3-4,9-10H2. The largest absolute Gasteiger partial charge is 0.340 e. The van der Waals surface area contributed by atoms with Gasteiger partial charge in [0, 0.05) is 32.6 Å². The molecule has 0 N–H and O–H groups in total. The second-order valence-electron chi connectivity index (χ2n) is 4.82. The lowest BCUT2D eigenvalue weighted by Gasteiger charge is -2.08. The first-order chi connectivity index (χ1) is 9.74. The summed E-state index contributed by atoms with van der Waals surface area (Å²) in [5.41, 5.74) is 2.60. The van der Waals surface area contributed by atoms with Gasteiger partial charge in [-0.1, -0.05) is 40.2 Å². The summed E-state index contributed by atoms with van der Waals surface area (Å²) in [5, 5.41) is 3.71. The third kappa shape index (κ3) is 2.46. The van der Waals surface area contributed by atoms with Crippen molar-refractivity contribution in [1.29, 1.82) is 0 Å². The van der Waals surface area contributed by atoms with Gasteiger partial charge in [-0.2, -0.15) is 0 Å². The summed E-state index contributed by atoms with van der Waals surface area (Å²) in [7, 11) is 0. The van der Waals surface area contributed by atoms with Gasteiger partial charge in [0.25, 0.3) is 0 Å². The van der Waals surface area contributed by atoms with E-state index in [0.29, 0.717) is 0 Å². The topological polar surface area (TPSA) is 4.93 Å². The second kappa shape index (κ2) is 6.20. The quantitative estimate of drug-likeness (QED) is 0.310. The third-order valence-corrected chi connectivity index (χ3v) is 6.15. The summed E-state index contributed by atoms with van der Waals surface area (Å²) >= 11 is 10.9. The molecule has 0 aliphatic carbocycles. The van der Waals surface area contributed by atoms with E-state index in [-0.39, 0.29) is 0 Å². The molecule has 0 aliphatic rings. The van der Waals surface area contributed by atoms with Gasteiger partial charge in [0.15, 0.2) is 0 Å². The van der Waals surface area contributed by atoms with E-state index in [9.17, 15) is 0 Å². The van der Waals surface area contributed by atoms with E-state index in [1.165, 1.54) is 34.6 Å². The number of para-hydroxylation sites is 1. The molecule has 104 valence electrons. The van der Waals surface area contributed by atoms with Crippen molar-refractivity contribution < 1.29 is 0 Å². The minimum atomic E-state index is 1.05. The van der Waals surface area contributed by atoms with Gasteiger partial charge in [-0.25, -0.2) is 0 Å². The number of nitrogens with zero attached hydrogens (tertiary/aromatic N) is 1. The molecule has 1 aromatic heterocycles. The van der Waals surface area contributed by atoms with Crippen molar-refractivity contribution >= 4 is 69.6 Å². The summed E-state index contributed by atoms with van der Waals surface area (Å²) in [4.78, 5) is 0. The molecular weight excluding hydrogens is 446 g/mol. The van der Waals surface area contributed by atoms with Gasteiger partial charge < -0.3 is 4.57 Å². The number of hydrogen-bond donors (Lipinski definition) is 0. The molecular formula is C16H14Br3N. The van der Waals surface area contributed by atoms with Crippen LogP contribution in [0.4, 0.5) is 0 Å². The summed E-state index contributed by atoms with van der Waals surface area (Å²) < 4.78 is 4.68. The van der Waals surface area contributed by atoms with E-state index in [4.69, 9.17) is 0 Å². The first kappa shape index (κ1) is 14.6. The summed E-state index contributed by atoms with van der Waals surface area (Å²) in [6, 6.07) is 13.0. The lowest BCUT2D eigenvalue weighted by Crippen LogP contribution is -1.98. The van der Waals surface area contributed by atoms with Crippen molar-refractivity contribution in [1.82, 2.24) is 4.57 Å². The van der Waals surface area contributed by atoms with Crippen LogP contribution in [-0.4, -0.2) is 9.90 Å². The number of alkyl halides is 1. The molecule has 0 amide bonds. The number of aromatic nitrogens is 1. The zero-order valence-corrected chi connectivity index (χ0v) is 15.6. The molecule has 0 saturated carbocycles. The Labute approximate surface area is 143 Å². The Morgan fingerprint density at radius 2 is 1.70 bits per heavy atom. The summed E-state index contributed by atoms with van der Waals surface area (Å²) in [6.45, 7) is 1.05. The monoisotopic (exact) mass is 457 g/mol. The number of hydrogen-bond acceptors (Lipinski definition) is 0. The average Bonchev–Trinajstić information content (AvgIpc) is 2.78. The Morgan fingerprint density at radius 1 is 0.900 bits per heavy atom. The highest BCUT2D eigenvalue weighted by Crippen LogP contribution is 2.37. The van der Waals surface area contributed by atoms with E-state index in [1.807, 2.05) is 0 Å². The molecule has 0 bridgehead atoms. The van der Waals surface area contributed by atoms with Crippen molar-refractivity contribution in [3.63, 3.8) is 0 Å². The number of benzene rings is 2. The Balaban J connectivity index is 2.28. The summed E-state index contributed by atoms with van der Waals surface area (Å²) in [6.07, 6.45) is 2.37. The maximum Gasteiger partial charge on any atom is 0.0647 e. The lowest BCUT2D eigenvalue weighted by atomic mass is 10.2. The molecule has 0 fully saturated rings. The summed E-state index contributed by atoms with van der Waals surface area (Å²) in [5.74, 6) is 0. The molecule has 1 heterocycles. The smallest absolute Gasteiger partial charge is 0.0647 e. The molecule has 0 saturated heterocycles.